The molecule has 2 atom stereocenters. The van der Waals surface area contributed by atoms with Crippen molar-refractivity contribution in [3.05, 3.63) is 29.3 Å². The SMILES string of the molecule is CCC(C)c1cccc2c1OCC2NOC. The topological polar surface area (TPSA) is 30.5 Å². The van der Waals surface area contributed by atoms with Crippen LogP contribution in [0.5, 0.6) is 5.75 Å². The summed E-state index contributed by atoms with van der Waals surface area (Å²) in [5.41, 5.74) is 5.47. The number of hydroxylamine groups is 1. The smallest absolute Gasteiger partial charge is 0.127 e. The van der Waals surface area contributed by atoms with E-state index < -0.39 is 0 Å². The Morgan fingerprint density at radius 2 is 2.38 bits per heavy atom. The average Bonchev–Trinajstić information content (AvgIpc) is 2.72. The van der Waals surface area contributed by atoms with Crippen molar-refractivity contribution < 1.29 is 9.57 Å². The van der Waals surface area contributed by atoms with Crippen LogP contribution in [0.3, 0.4) is 0 Å². The van der Waals surface area contributed by atoms with E-state index in [1.807, 2.05) is 0 Å². The van der Waals surface area contributed by atoms with Gasteiger partial charge < -0.3 is 9.57 Å². The first-order valence-electron chi connectivity index (χ1n) is 5.82. The summed E-state index contributed by atoms with van der Waals surface area (Å²) < 4.78 is 5.78. The molecule has 1 aliphatic rings. The van der Waals surface area contributed by atoms with E-state index in [9.17, 15) is 0 Å². The van der Waals surface area contributed by atoms with Crippen LogP contribution in [0, 0.1) is 0 Å². The molecular weight excluding hydrogens is 202 g/mol. The molecular formula is C13H19NO2. The normalized spacial score (nSPS) is 20.3. The summed E-state index contributed by atoms with van der Waals surface area (Å²) in [6.07, 6.45) is 1.13. The molecule has 1 N–H and O–H groups in total. The van der Waals surface area contributed by atoms with Crippen LogP contribution >= 0.6 is 0 Å². The fourth-order valence-corrected chi connectivity index (χ4v) is 2.12. The lowest BCUT2D eigenvalue weighted by molar-refractivity contribution is 0.0535. The van der Waals surface area contributed by atoms with Gasteiger partial charge in [-0.2, -0.15) is 5.48 Å². The second-order valence-corrected chi connectivity index (χ2v) is 4.26. The van der Waals surface area contributed by atoms with Gasteiger partial charge in [0.05, 0.1) is 13.2 Å². The van der Waals surface area contributed by atoms with Crippen LogP contribution in [0.1, 0.15) is 43.4 Å². The highest BCUT2D eigenvalue weighted by molar-refractivity contribution is 5.47. The minimum atomic E-state index is 0.156. The largest absolute Gasteiger partial charge is 0.491 e. The number of hydrogen-bond donors (Lipinski definition) is 1. The predicted octanol–water partition coefficient (Wildman–Crippen LogP) is 2.78. The number of rotatable bonds is 4. The van der Waals surface area contributed by atoms with E-state index in [4.69, 9.17) is 9.57 Å². The van der Waals surface area contributed by atoms with Gasteiger partial charge in [-0.15, -0.1) is 0 Å². The Labute approximate surface area is 96.7 Å². The zero-order valence-corrected chi connectivity index (χ0v) is 10.1. The first-order valence-corrected chi connectivity index (χ1v) is 5.82. The number of ether oxygens (including phenoxy) is 1. The van der Waals surface area contributed by atoms with Crippen LogP contribution in [-0.4, -0.2) is 13.7 Å². The van der Waals surface area contributed by atoms with E-state index in [0.29, 0.717) is 12.5 Å². The van der Waals surface area contributed by atoms with Crippen molar-refractivity contribution >= 4 is 0 Å². The third-order valence-electron chi connectivity index (χ3n) is 3.25. The Kier molecular flexibility index (Phi) is 3.46. The summed E-state index contributed by atoms with van der Waals surface area (Å²) in [5, 5.41) is 0. The monoisotopic (exact) mass is 221 g/mol. The van der Waals surface area contributed by atoms with E-state index in [-0.39, 0.29) is 6.04 Å². The number of benzene rings is 1. The molecule has 1 aliphatic heterocycles. The molecule has 1 aromatic rings. The highest BCUT2D eigenvalue weighted by atomic mass is 16.6. The predicted molar refractivity (Wildman–Crippen MR) is 63.5 cm³/mol. The third-order valence-corrected chi connectivity index (χ3v) is 3.25. The molecule has 3 nitrogen and oxygen atoms in total. The molecule has 0 bridgehead atoms. The molecule has 1 aromatic carbocycles. The van der Waals surface area contributed by atoms with Crippen molar-refractivity contribution in [3.8, 4) is 5.75 Å². The molecule has 88 valence electrons. The van der Waals surface area contributed by atoms with Gasteiger partial charge >= 0.3 is 0 Å². The van der Waals surface area contributed by atoms with Crippen molar-refractivity contribution in [2.24, 2.45) is 0 Å². The quantitative estimate of drug-likeness (QED) is 0.793. The summed E-state index contributed by atoms with van der Waals surface area (Å²) in [6.45, 7) is 5.08. The van der Waals surface area contributed by atoms with Gasteiger partial charge in [0.25, 0.3) is 0 Å². The van der Waals surface area contributed by atoms with Gasteiger partial charge in [0.2, 0.25) is 0 Å². The van der Waals surface area contributed by atoms with E-state index >= 15 is 0 Å². The lowest BCUT2D eigenvalue weighted by atomic mass is 9.95. The number of hydrogen-bond acceptors (Lipinski definition) is 3. The number of para-hydroxylation sites is 1. The Bertz CT molecular complexity index is 365. The molecule has 2 unspecified atom stereocenters. The molecule has 1 heterocycles. The molecule has 0 spiro atoms. The maximum atomic E-state index is 5.78. The minimum Gasteiger partial charge on any atom is -0.491 e. The highest BCUT2D eigenvalue weighted by Crippen LogP contribution is 2.39. The summed E-state index contributed by atoms with van der Waals surface area (Å²) in [5.74, 6) is 1.59. The van der Waals surface area contributed by atoms with Crippen LogP contribution in [0.4, 0.5) is 0 Å². The number of nitrogens with one attached hydrogen (secondary N) is 1. The van der Waals surface area contributed by atoms with Crippen molar-refractivity contribution in [1.82, 2.24) is 5.48 Å². The number of fused-ring (bicyclic) bond motifs is 1. The van der Waals surface area contributed by atoms with Crippen LogP contribution in [-0.2, 0) is 4.84 Å². The van der Waals surface area contributed by atoms with Gasteiger partial charge in [0, 0.05) is 5.56 Å². The Balaban J connectivity index is 2.32. The van der Waals surface area contributed by atoms with Crippen molar-refractivity contribution in [2.75, 3.05) is 13.7 Å². The Hall–Kier alpha value is -1.06. The van der Waals surface area contributed by atoms with Gasteiger partial charge in [0.1, 0.15) is 12.4 Å². The maximum Gasteiger partial charge on any atom is 0.127 e. The fourth-order valence-electron chi connectivity index (χ4n) is 2.12. The molecule has 0 aliphatic carbocycles. The first kappa shape index (κ1) is 11.4. The maximum absolute atomic E-state index is 5.78. The molecule has 16 heavy (non-hydrogen) atoms. The fraction of sp³-hybridized carbons (Fsp3) is 0.538. The molecule has 0 saturated carbocycles. The van der Waals surface area contributed by atoms with Crippen LogP contribution < -0.4 is 10.2 Å². The third kappa shape index (κ3) is 1.93. The minimum absolute atomic E-state index is 0.156. The zero-order valence-electron chi connectivity index (χ0n) is 10.1. The van der Waals surface area contributed by atoms with E-state index in [0.717, 1.165) is 12.2 Å². The second-order valence-electron chi connectivity index (χ2n) is 4.26. The molecule has 3 heteroatoms. The second kappa shape index (κ2) is 4.85. The van der Waals surface area contributed by atoms with Gasteiger partial charge in [-0.1, -0.05) is 32.0 Å². The molecule has 2 rings (SSSR count). The Morgan fingerprint density at radius 1 is 1.56 bits per heavy atom. The summed E-state index contributed by atoms with van der Waals surface area (Å²) in [4.78, 5) is 4.98. The van der Waals surface area contributed by atoms with Gasteiger partial charge in [-0.25, -0.2) is 0 Å². The standard InChI is InChI=1S/C13H19NO2/c1-4-9(2)10-6-5-7-11-12(14-15-3)8-16-13(10)11/h5-7,9,12,14H,4,8H2,1-3H3. The summed E-state index contributed by atoms with van der Waals surface area (Å²) in [6, 6.07) is 6.51. The molecule has 0 radical (unpaired) electrons. The van der Waals surface area contributed by atoms with Crippen molar-refractivity contribution in [2.45, 2.75) is 32.2 Å². The lowest BCUT2D eigenvalue weighted by Gasteiger charge is -2.13. The summed E-state index contributed by atoms with van der Waals surface area (Å²) >= 11 is 0. The lowest BCUT2D eigenvalue weighted by Crippen LogP contribution is -2.20. The van der Waals surface area contributed by atoms with Crippen molar-refractivity contribution in [1.29, 1.82) is 0 Å². The van der Waals surface area contributed by atoms with E-state index in [2.05, 4.69) is 37.5 Å². The molecule has 0 aromatic heterocycles. The van der Waals surface area contributed by atoms with Gasteiger partial charge in [-0.05, 0) is 17.9 Å². The highest BCUT2D eigenvalue weighted by Gasteiger charge is 2.27. The van der Waals surface area contributed by atoms with Crippen LogP contribution in [0.25, 0.3) is 0 Å². The molecule has 0 fully saturated rings. The Morgan fingerprint density at radius 3 is 3.06 bits per heavy atom. The molecule has 0 saturated heterocycles. The van der Waals surface area contributed by atoms with Gasteiger partial charge in [-0.3, -0.25) is 0 Å². The van der Waals surface area contributed by atoms with Crippen LogP contribution in [0.2, 0.25) is 0 Å². The van der Waals surface area contributed by atoms with E-state index in [1.165, 1.54) is 11.1 Å². The summed E-state index contributed by atoms with van der Waals surface area (Å²) in [7, 11) is 1.64. The van der Waals surface area contributed by atoms with E-state index in [1.54, 1.807) is 7.11 Å². The molecule has 0 amide bonds. The zero-order chi connectivity index (χ0) is 11.5. The average molecular weight is 221 g/mol. The van der Waals surface area contributed by atoms with Crippen molar-refractivity contribution in [3.63, 3.8) is 0 Å². The van der Waals surface area contributed by atoms with Gasteiger partial charge in [0.15, 0.2) is 0 Å². The van der Waals surface area contributed by atoms with Crippen LogP contribution in [0.15, 0.2) is 18.2 Å². The first-order chi connectivity index (χ1) is 7.77.